The van der Waals surface area contributed by atoms with Gasteiger partial charge in [-0.25, -0.2) is 0 Å². The van der Waals surface area contributed by atoms with E-state index in [4.69, 9.17) is 75.8 Å². The summed E-state index contributed by atoms with van der Waals surface area (Å²) in [7, 11) is 0. The van der Waals surface area contributed by atoms with Gasteiger partial charge in [0.1, 0.15) is 195 Å². The van der Waals surface area contributed by atoms with Gasteiger partial charge >= 0.3 is 0 Å². The summed E-state index contributed by atoms with van der Waals surface area (Å²) in [5.74, 6) is 0. The van der Waals surface area contributed by atoms with Crippen molar-refractivity contribution >= 4 is 0 Å². The molecule has 512 valence electrons. The van der Waals surface area contributed by atoms with Crippen LogP contribution in [-0.2, 0) is 75.8 Å². The average molecular weight is 1300 g/mol. The van der Waals surface area contributed by atoms with Crippen LogP contribution in [0.15, 0.2) is 0 Å². The molecule has 0 aromatic carbocycles. The van der Waals surface area contributed by atoms with Crippen LogP contribution < -0.4 is 0 Å². The lowest BCUT2D eigenvalue weighted by atomic mass is 9.94. The van der Waals surface area contributed by atoms with E-state index in [0.29, 0.717) is 0 Å². The lowest BCUT2D eigenvalue weighted by Crippen LogP contribution is -2.69. The number of aliphatic hydroxyl groups is 24. The van der Waals surface area contributed by atoms with Gasteiger partial charge in [0.05, 0.1) is 52.9 Å². The molecular weight excluding hydrogens is 1220 g/mol. The van der Waals surface area contributed by atoms with Crippen LogP contribution in [0, 0.1) is 0 Å². The van der Waals surface area contributed by atoms with Gasteiger partial charge in [-0.15, -0.1) is 0 Å². The summed E-state index contributed by atoms with van der Waals surface area (Å²) in [6.07, 6.45) is -82.0. The molecule has 24 N–H and O–H groups in total. The first kappa shape index (κ1) is 70.7. The molecule has 30 aliphatic heterocycles. The van der Waals surface area contributed by atoms with E-state index in [2.05, 4.69) is 0 Å². The smallest absolute Gasteiger partial charge is 0.187 e. The van der Waals surface area contributed by atoms with E-state index >= 15 is 0 Å². The zero-order valence-corrected chi connectivity index (χ0v) is 46.0. The second-order valence-electron chi connectivity index (χ2n) is 22.5. The van der Waals surface area contributed by atoms with Gasteiger partial charge < -0.3 is 198 Å². The van der Waals surface area contributed by atoms with Crippen LogP contribution >= 0.6 is 0 Å². The largest absolute Gasteiger partial charge is 0.394 e. The maximum Gasteiger partial charge on any atom is 0.187 e. The van der Waals surface area contributed by atoms with Crippen LogP contribution in [0.25, 0.3) is 0 Å². The summed E-state index contributed by atoms with van der Waals surface area (Å²) in [4.78, 5) is 0. The number of hydrogen-bond donors (Lipinski definition) is 24. The van der Waals surface area contributed by atoms with Crippen LogP contribution in [0.4, 0.5) is 0 Å². The van der Waals surface area contributed by atoms with E-state index in [1.807, 2.05) is 0 Å². The fourth-order valence-electron chi connectivity index (χ4n) is 11.9. The maximum atomic E-state index is 11.4. The molecule has 0 spiro atoms. The van der Waals surface area contributed by atoms with Crippen molar-refractivity contribution in [1.29, 1.82) is 0 Å². The van der Waals surface area contributed by atoms with Crippen molar-refractivity contribution in [2.45, 2.75) is 246 Å². The van der Waals surface area contributed by atoms with Gasteiger partial charge in [0.2, 0.25) is 0 Å². The molecule has 0 aromatic rings. The Labute approximate surface area is 496 Å². The first-order chi connectivity index (χ1) is 41.9. The first-order valence-corrected chi connectivity index (χ1v) is 28.1. The maximum absolute atomic E-state index is 11.4. The van der Waals surface area contributed by atoms with Crippen LogP contribution in [0.1, 0.15) is 0 Å². The van der Waals surface area contributed by atoms with Crippen molar-refractivity contribution in [3.05, 3.63) is 0 Å². The Bertz CT molecular complexity index is 1700. The zero-order chi connectivity index (χ0) is 64.1. The molecule has 0 amide bonds. The summed E-state index contributed by atoms with van der Waals surface area (Å²) in [6, 6.07) is 0. The van der Waals surface area contributed by atoms with Crippen molar-refractivity contribution in [2.75, 3.05) is 52.9 Å². The van der Waals surface area contributed by atoms with Gasteiger partial charge in [0.15, 0.2) is 50.3 Å². The topological polar surface area (TPSA) is 633 Å². The molecule has 0 aromatic heterocycles. The van der Waals surface area contributed by atoms with Crippen molar-refractivity contribution < 1.29 is 198 Å². The molecule has 30 fully saturated rings. The van der Waals surface area contributed by atoms with Gasteiger partial charge in [-0.2, -0.15) is 0 Å². The Kier molecular flexibility index (Phi) is 24.1. The Balaban J connectivity index is 0.975. The van der Waals surface area contributed by atoms with E-state index in [1.165, 1.54) is 0 Å². The monoisotopic (exact) mass is 1300 g/mol. The van der Waals surface area contributed by atoms with Gasteiger partial charge in [-0.3, -0.25) is 0 Å². The van der Waals surface area contributed by atoms with E-state index in [1.54, 1.807) is 0 Å². The number of hydrogen-bond acceptors (Lipinski definition) is 40. The molecule has 88 heavy (non-hydrogen) atoms. The fourth-order valence-corrected chi connectivity index (χ4v) is 11.9. The van der Waals surface area contributed by atoms with Crippen molar-refractivity contribution in [3.8, 4) is 0 Å². The predicted molar refractivity (Wildman–Crippen MR) is 261 cm³/mol. The van der Waals surface area contributed by atoms with Crippen LogP contribution in [0.5, 0.6) is 0 Å². The molecule has 30 aliphatic rings. The van der Waals surface area contributed by atoms with E-state index in [0.717, 1.165) is 0 Å². The summed E-state index contributed by atoms with van der Waals surface area (Å²) < 4.78 is 91.1. The standard InChI is InChI=1S/C48H80O40/c49-1-9-33-17(57)25(65)41(73-9)82-34-10(2-50)75-43(27(67)19(34)59)84-36-12(4-52)77-45(29(69)21(36)61)86-38-14(6-54)79-47(31(71)23(38)63)88-40-16(8-56)80-48(32(72)24(40)64)87-39-15(7-55)78-46(30(70)22(39)62)85-37-13(5-53)76-44(28(68)20(37)60)83-35-11(3-51)74-42(81-33)26(66)18(35)58/h9-72H,1-8H2/t9-,10-,11-,12-,13-,14-,15-,16-,17-,18-,19-,20-,21-,22-,23-,24-,25-,26-,27-,28-,29-,30-,31-,32-,33-,34-,35-,36-,37-,38-,39-,40?,41?,42?,43?,44?,45?,46?,47?,48?/m1/s1. The van der Waals surface area contributed by atoms with Gasteiger partial charge in [-0.05, 0) is 0 Å². The molecule has 16 bridgehead atoms. The molecule has 30 rings (SSSR count). The molecule has 40 heteroatoms. The summed E-state index contributed by atoms with van der Waals surface area (Å²) in [5, 5.41) is 265. The second kappa shape index (κ2) is 30.0. The lowest BCUT2D eigenvalue weighted by Gasteiger charge is -2.50. The Morgan fingerprint density at radius 2 is 0.227 bits per heavy atom. The van der Waals surface area contributed by atoms with Gasteiger partial charge in [0.25, 0.3) is 0 Å². The van der Waals surface area contributed by atoms with Crippen molar-refractivity contribution in [1.82, 2.24) is 0 Å². The molecule has 0 saturated carbocycles. The third kappa shape index (κ3) is 13.8. The molecule has 0 aliphatic carbocycles. The normalized spacial score (nSPS) is 55.4. The van der Waals surface area contributed by atoms with Crippen LogP contribution in [0.2, 0.25) is 0 Å². The zero-order valence-electron chi connectivity index (χ0n) is 46.0. The third-order valence-corrected chi connectivity index (χ3v) is 16.9. The van der Waals surface area contributed by atoms with Crippen molar-refractivity contribution in [2.24, 2.45) is 0 Å². The molecule has 0 radical (unpaired) electrons. The van der Waals surface area contributed by atoms with E-state index in [-0.39, 0.29) is 0 Å². The molecular formula is C48H80O40. The number of rotatable bonds is 8. The Hall–Kier alpha value is -1.60. The minimum absolute atomic E-state index is 1.08. The SMILES string of the molecule is OC[C@H]1OC2O[C@H]3[C@H](O)[C@@H](O)C(O[C@H]4[C@H](O)[C@@H](O)C(O[C@H]5[C@H](O)[C@@H](O)C(O[C@H]6[C@H](O)[C@@H](O)C(O[C@H]7[C@H](O)[C@@H](O)C(O[C@H]8[C@H](O)[C@@H](O)C(O[C@H]9[C@H](O)[C@@H](O)C(OC1[C@H](O)[C@H]2O)O[C@@H]9CO)O[C@@H]8CO)O[C@@H]7CO)O[C@@H]6CO)O[C@@H]5CO)O[C@@H]4CO)O[C@@H]3CO. The van der Waals surface area contributed by atoms with Crippen LogP contribution in [-0.4, -0.2) is 421 Å². The molecule has 40 atom stereocenters. The third-order valence-electron chi connectivity index (χ3n) is 16.9. The minimum Gasteiger partial charge on any atom is -0.394 e. The van der Waals surface area contributed by atoms with Gasteiger partial charge in [-0.1, -0.05) is 0 Å². The van der Waals surface area contributed by atoms with Gasteiger partial charge in [0, 0.05) is 0 Å². The minimum atomic E-state index is -2.25. The summed E-state index contributed by atoms with van der Waals surface area (Å²) in [6.45, 7) is -8.64. The number of ether oxygens (including phenoxy) is 16. The Morgan fingerprint density at radius 1 is 0.136 bits per heavy atom. The van der Waals surface area contributed by atoms with E-state index in [9.17, 15) is 123 Å². The predicted octanol–water partition coefficient (Wildman–Crippen LogP) is -17.4. The summed E-state index contributed by atoms with van der Waals surface area (Å²) >= 11 is 0. The molecule has 30 saturated heterocycles. The average Bonchev–Trinajstić information content (AvgIpc) is 1.09. The lowest BCUT2D eigenvalue weighted by molar-refractivity contribution is -0.404. The number of aliphatic hydroxyl groups excluding tert-OH is 24. The highest BCUT2D eigenvalue weighted by molar-refractivity contribution is 5.02. The molecule has 40 nitrogen and oxygen atoms in total. The quantitative estimate of drug-likeness (QED) is 0.107. The highest BCUT2D eigenvalue weighted by Gasteiger charge is 2.60. The highest BCUT2D eigenvalue weighted by atomic mass is 16.8. The van der Waals surface area contributed by atoms with Crippen LogP contribution in [0.3, 0.4) is 0 Å². The molecule has 30 heterocycles. The second-order valence-corrected chi connectivity index (χ2v) is 22.5. The van der Waals surface area contributed by atoms with E-state index < -0.39 is 299 Å². The van der Waals surface area contributed by atoms with Crippen molar-refractivity contribution in [3.63, 3.8) is 0 Å². The Morgan fingerprint density at radius 3 is 0.307 bits per heavy atom. The highest BCUT2D eigenvalue weighted by Crippen LogP contribution is 2.40. The molecule has 9 unspecified atom stereocenters. The summed E-state index contributed by atoms with van der Waals surface area (Å²) in [5.41, 5.74) is 0. The fraction of sp³-hybridized carbons (Fsp3) is 1.00. The first-order valence-electron chi connectivity index (χ1n) is 28.1.